The third-order valence-corrected chi connectivity index (χ3v) is 2.38. The number of anilines is 1. The largest absolute Gasteiger partial charge is 0.452 e. The van der Waals surface area contributed by atoms with Crippen LogP contribution in [0.1, 0.15) is 10.4 Å². The number of nitrogens with two attached hydrogens (primary N) is 1. The zero-order valence-electron chi connectivity index (χ0n) is 9.54. The average molecular weight is 272 g/mol. The van der Waals surface area contributed by atoms with Gasteiger partial charge in [-0.2, -0.15) is 0 Å². The van der Waals surface area contributed by atoms with Crippen LogP contribution in [0.4, 0.5) is 5.69 Å². The normalized spacial score (nSPS) is 10.7. The molecule has 0 unspecified atom stereocenters. The Kier molecular flexibility index (Phi) is 4.27. The van der Waals surface area contributed by atoms with Crippen molar-refractivity contribution < 1.29 is 22.7 Å². The molecule has 0 saturated carbocycles. The van der Waals surface area contributed by atoms with Crippen LogP contribution in [0.25, 0.3) is 0 Å². The summed E-state index contributed by atoms with van der Waals surface area (Å²) in [4.78, 5) is 21.8. The van der Waals surface area contributed by atoms with Gasteiger partial charge in [0.1, 0.15) is 0 Å². The van der Waals surface area contributed by atoms with Crippen molar-refractivity contribution >= 4 is 27.6 Å². The fourth-order valence-electron chi connectivity index (χ4n) is 1.11. The van der Waals surface area contributed by atoms with Gasteiger partial charge >= 0.3 is 5.97 Å². The van der Waals surface area contributed by atoms with Crippen molar-refractivity contribution in [2.24, 2.45) is 5.73 Å². The van der Waals surface area contributed by atoms with E-state index in [4.69, 9.17) is 5.73 Å². The Labute approximate surface area is 104 Å². The zero-order chi connectivity index (χ0) is 13.8. The molecule has 0 saturated heterocycles. The summed E-state index contributed by atoms with van der Waals surface area (Å²) in [5.74, 6) is -1.46. The average Bonchev–Trinajstić information content (AvgIpc) is 2.24. The molecule has 98 valence electrons. The first-order valence-electron chi connectivity index (χ1n) is 4.81. The van der Waals surface area contributed by atoms with E-state index in [1.54, 1.807) is 0 Å². The zero-order valence-corrected chi connectivity index (χ0v) is 10.4. The molecule has 0 fully saturated rings. The van der Waals surface area contributed by atoms with Crippen molar-refractivity contribution in [3.63, 3.8) is 0 Å². The van der Waals surface area contributed by atoms with E-state index in [-0.39, 0.29) is 5.56 Å². The topological polar surface area (TPSA) is 116 Å². The summed E-state index contributed by atoms with van der Waals surface area (Å²) in [6.07, 6.45) is 1.02. The number of rotatable bonds is 5. The first-order valence-corrected chi connectivity index (χ1v) is 6.70. The van der Waals surface area contributed by atoms with Gasteiger partial charge in [-0.15, -0.1) is 0 Å². The highest BCUT2D eigenvalue weighted by atomic mass is 32.2. The number of hydrogen-bond acceptors (Lipinski definition) is 5. The molecule has 18 heavy (non-hydrogen) atoms. The van der Waals surface area contributed by atoms with E-state index in [0.29, 0.717) is 5.69 Å². The maximum atomic E-state index is 11.4. The van der Waals surface area contributed by atoms with E-state index in [1.807, 2.05) is 0 Å². The third kappa shape index (κ3) is 4.83. The minimum absolute atomic E-state index is 0.190. The maximum Gasteiger partial charge on any atom is 0.338 e. The molecular weight excluding hydrogens is 260 g/mol. The lowest BCUT2D eigenvalue weighted by atomic mass is 10.2. The van der Waals surface area contributed by atoms with Gasteiger partial charge in [0.25, 0.3) is 5.91 Å². The minimum atomic E-state index is -3.36. The Morgan fingerprint density at radius 3 is 2.28 bits per heavy atom. The van der Waals surface area contributed by atoms with E-state index in [1.165, 1.54) is 24.3 Å². The SMILES string of the molecule is CS(=O)(=O)Nc1ccc(C(=O)OCC(N)=O)cc1. The molecule has 1 aromatic rings. The van der Waals surface area contributed by atoms with Crippen LogP contribution in [0.5, 0.6) is 0 Å². The molecular formula is C10H12N2O5S. The highest BCUT2D eigenvalue weighted by molar-refractivity contribution is 7.92. The number of carbonyl (C=O) groups excluding carboxylic acids is 2. The number of benzene rings is 1. The highest BCUT2D eigenvalue weighted by Gasteiger charge is 2.09. The molecule has 0 spiro atoms. The van der Waals surface area contributed by atoms with E-state index in [0.717, 1.165) is 6.26 Å². The van der Waals surface area contributed by atoms with Gasteiger partial charge in [-0.1, -0.05) is 0 Å². The van der Waals surface area contributed by atoms with Gasteiger partial charge < -0.3 is 10.5 Å². The van der Waals surface area contributed by atoms with Crippen LogP contribution in [0.15, 0.2) is 24.3 Å². The number of amides is 1. The van der Waals surface area contributed by atoms with Crippen molar-refractivity contribution in [3.05, 3.63) is 29.8 Å². The van der Waals surface area contributed by atoms with E-state index < -0.39 is 28.5 Å². The number of hydrogen-bond donors (Lipinski definition) is 2. The lowest BCUT2D eigenvalue weighted by Gasteiger charge is -2.05. The summed E-state index contributed by atoms with van der Waals surface area (Å²) in [6.45, 7) is -0.498. The van der Waals surface area contributed by atoms with Crippen molar-refractivity contribution in [2.75, 3.05) is 17.6 Å². The predicted octanol–water partition coefficient (Wildman–Crippen LogP) is -0.300. The fourth-order valence-corrected chi connectivity index (χ4v) is 1.67. The fraction of sp³-hybridized carbons (Fsp3) is 0.200. The smallest absolute Gasteiger partial charge is 0.338 e. The predicted molar refractivity (Wildman–Crippen MR) is 64.4 cm³/mol. The van der Waals surface area contributed by atoms with Crippen LogP contribution in [0.2, 0.25) is 0 Å². The third-order valence-electron chi connectivity index (χ3n) is 1.77. The van der Waals surface area contributed by atoms with Crippen molar-refractivity contribution in [3.8, 4) is 0 Å². The Hall–Kier alpha value is -2.09. The Balaban J connectivity index is 2.71. The number of ether oxygens (including phenoxy) is 1. The summed E-state index contributed by atoms with van der Waals surface area (Å²) in [5.41, 5.74) is 5.33. The molecule has 0 aliphatic carbocycles. The summed E-state index contributed by atoms with van der Waals surface area (Å²) in [6, 6.07) is 5.55. The number of primary amides is 1. The van der Waals surface area contributed by atoms with Crippen LogP contribution < -0.4 is 10.5 Å². The van der Waals surface area contributed by atoms with Gasteiger partial charge in [-0.25, -0.2) is 13.2 Å². The highest BCUT2D eigenvalue weighted by Crippen LogP contribution is 2.11. The molecule has 0 aromatic heterocycles. The summed E-state index contributed by atoms with van der Waals surface area (Å²) < 4.78 is 28.7. The van der Waals surface area contributed by atoms with Crippen LogP contribution in [0.3, 0.4) is 0 Å². The van der Waals surface area contributed by atoms with E-state index >= 15 is 0 Å². The quantitative estimate of drug-likeness (QED) is 0.714. The van der Waals surface area contributed by atoms with Gasteiger partial charge in [0, 0.05) is 5.69 Å². The molecule has 0 radical (unpaired) electrons. The second kappa shape index (κ2) is 5.50. The van der Waals surface area contributed by atoms with Crippen molar-refractivity contribution in [1.82, 2.24) is 0 Å². The van der Waals surface area contributed by atoms with Crippen LogP contribution >= 0.6 is 0 Å². The molecule has 1 rings (SSSR count). The summed E-state index contributed by atoms with van der Waals surface area (Å²) in [5, 5.41) is 0. The van der Waals surface area contributed by atoms with Crippen LogP contribution in [-0.2, 0) is 19.6 Å². The molecule has 0 aliphatic heterocycles. The van der Waals surface area contributed by atoms with Gasteiger partial charge in [-0.05, 0) is 24.3 Å². The van der Waals surface area contributed by atoms with Gasteiger partial charge in [0.15, 0.2) is 6.61 Å². The van der Waals surface area contributed by atoms with Crippen LogP contribution in [0, 0.1) is 0 Å². The summed E-state index contributed by atoms with van der Waals surface area (Å²) in [7, 11) is -3.36. The van der Waals surface area contributed by atoms with Gasteiger partial charge in [0.2, 0.25) is 10.0 Å². The molecule has 0 aliphatic rings. The van der Waals surface area contributed by atoms with E-state index in [2.05, 4.69) is 9.46 Å². The first kappa shape index (κ1) is 14.0. The molecule has 3 N–H and O–H groups in total. The molecule has 0 atom stereocenters. The summed E-state index contributed by atoms with van der Waals surface area (Å²) >= 11 is 0. The molecule has 1 amide bonds. The van der Waals surface area contributed by atoms with Gasteiger partial charge in [0.05, 0.1) is 11.8 Å². The Bertz CT molecular complexity index is 550. The molecule has 8 heteroatoms. The molecule has 7 nitrogen and oxygen atoms in total. The second-order valence-corrected chi connectivity index (χ2v) is 5.24. The second-order valence-electron chi connectivity index (χ2n) is 3.49. The lowest BCUT2D eigenvalue weighted by molar-refractivity contribution is -0.121. The lowest BCUT2D eigenvalue weighted by Crippen LogP contribution is -2.20. The van der Waals surface area contributed by atoms with Crippen molar-refractivity contribution in [1.29, 1.82) is 0 Å². The molecule has 0 heterocycles. The van der Waals surface area contributed by atoms with Crippen LogP contribution in [-0.4, -0.2) is 33.2 Å². The maximum absolute atomic E-state index is 11.4. The monoisotopic (exact) mass is 272 g/mol. The van der Waals surface area contributed by atoms with Crippen molar-refractivity contribution in [2.45, 2.75) is 0 Å². The van der Waals surface area contributed by atoms with Gasteiger partial charge in [-0.3, -0.25) is 9.52 Å². The number of carbonyl (C=O) groups is 2. The number of esters is 1. The number of sulfonamides is 1. The first-order chi connectivity index (χ1) is 8.28. The Morgan fingerprint density at radius 2 is 1.83 bits per heavy atom. The number of nitrogens with one attached hydrogen (secondary N) is 1. The van der Waals surface area contributed by atoms with E-state index in [9.17, 15) is 18.0 Å². The standard InChI is InChI=1S/C10H12N2O5S/c1-18(15,16)12-8-4-2-7(3-5-8)10(14)17-6-9(11)13/h2-5,12H,6H2,1H3,(H2,11,13). The minimum Gasteiger partial charge on any atom is -0.452 e. The molecule has 1 aromatic carbocycles. The Morgan fingerprint density at radius 1 is 1.28 bits per heavy atom. The molecule has 0 bridgehead atoms.